The van der Waals surface area contributed by atoms with E-state index in [-0.39, 0.29) is 0 Å². The Labute approximate surface area is 238 Å². The summed E-state index contributed by atoms with van der Waals surface area (Å²) in [6, 6.07) is 53.6. The molecule has 2 aromatic heterocycles. The van der Waals surface area contributed by atoms with Gasteiger partial charge in [0.1, 0.15) is 0 Å². The Hall–Kier alpha value is -4.02. The molecule has 0 nitrogen and oxygen atoms in total. The van der Waals surface area contributed by atoms with Gasteiger partial charge >= 0.3 is 0 Å². The number of allylic oxidation sites excluding steroid dienone is 2. The molecule has 7 rings (SSSR count). The van der Waals surface area contributed by atoms with Crippen molar-refractivity contribution >= 4 is 61.3 Å². The zero-order chi connectivity index (χ0) is 26.1. The van der Waals surface area contributed by atoms with Gasteiger partial charge in [-0.05, 0) is 54.6 Å². The van der Waals surface area contributed by atoms with Crippen LogP contribution in [0.25, 0.3) is 21.5 Å². The number of hydrogen-bond donors (Lipinski definition) is 0. The van der Waals surface area contributed by atoms with Crippen LogP contribution in [0.3, 0.4) is 0 Å². The zero-order valence-corrected chi connectivity index (χ0v) is 24.0. The summed E-state index contributed by atoms with van der Waals surface area (Å²) < 4.78 is 2.95. The maximum atomic E-state index is 2.39. The summed E-state index contributed by atoms with van der Waals surface area (Å²) in [5.74, 6) is 0. The SMILES string of the molecule is c1ccc(C2=C(c3ccccc3)[Si](c3cccs3)(c3cccs3)C(c3ccccc3)=C2c2ccccc2)cc1. The molecule has 0 unspecified atom stereocenters. The molecule has 4 aromatic carbocycles. The fourth-order valence-electron chi connectivity index (χ4n) is 6.07. The molecule has 0 fully saturated rings. The van der Waals surface area contributed by atoms with Gasteiger partial charge in [0.25, 0.3) is 0 Å². The van der Waals surface area contributed by atoms with Crippen molar-refractivity contribution in [3.8, 4) is 0 Å². The molecule has 0 saturated heterocycles. The minimum atomic E-state index is -2.72. The van der Waals surface area contributed by atoms with Crippen LogP contribution < -0.4 is 9.00 Å². The molecule has 0 radical (unpaired) electrons. The van der Waals surface area contributed by atoms with E-state index in [1.165, 1.54) is 52.8 Å². The topological polar surface area (TPSA) is 0 Å². The Morgan fingerprint density at radius 2 is 0.667 bits per heavy atom. The predicted octanol–water partition coefficient (Wildman–Crippen LogP) is 8.69. The second kappa shape index (κ2) is 10.3. The van der Waals surface area contributed by atoms with Gasteiger partial charge in [-0.2, -0.15) is 22.7 Å². The van der Waals surface area contributed by atoms with Crippen LogP contribution in [0, 0.1) is 0 Å². The monoisotopic (exact) mass is 550 g/mol. The third-order valence-corrected chi connectivity index (χ3v) is 15.8. The zero-order valence-electron chi connectivity index (χ0n) is 21.3. The standard InChI is InChI=1S/C36H26S2Si/c1-5-15-27(16-6-1)33-34(28-17-7-2-8-18-28)36(30-21-11-4-12-22-30)39(31-23-13-25-37-31,32-24-14-26-38-32)35(33)29-19-9-3-10-20-29/h1-26H. The Morgan fingerprint density at radius 3 is 0.974 bits per heavy atom. The van der Waals surface area contributed by atoms with Crippen molar-refractivity contribution in [2.24, 2.45) is 0 Å². The lowest BCUT2D eigenvalue weighted by Gasteiger charge is -2.33. The minimum absolute atomic E-state index is 1.27. The normalized spacial score (nSPS) is 14.7. The van der Waals surface area contributed by atoms with Gasteiger partial charge in [0.15, 0.2) is 0 Å². The van der Waals surface area contributed by atoms with Crippen molar-refractivity contribution in [2.45, 2.75) is 0 Å². The molecule has 0 N–H and O–H groups in total. The highest BCUT2D eigenvalue weighted by Crippen LogP contribution is 2.55. The highest BCUT2D eigenvalue weighted by molar-refractivity contribution is 7.47. The van der Waals surface area contributed by atoms with Crippen molar-refractivity contribution in [3.63, 3.8) is 0 Å². The van der Waals surface area contributed by atoms with Gasteiger partial charge in [-0.1, -0.05) is 146 Å². The van der Waals surface area contributed by atoms with Crippen LogP contribution in [0.15, 0.2) is 156 Å². The molecule has 0 bridgehead atoms. The second-order valence-electron chi connectivity index (χ2n) is 9.67. The first-order valence-corrected chi connectivity index (χ1v) is 16.9. The summed E-state index contributed by atoms with van der Waals surface area (Å²) in [5, 5.41) is 7.48. The van der Waals surface area contributed by atoms with Crippen molar-refractivity contribution < 1.29 is 0 Å². The van der Waals surface area contributed by atoms with Gasteiger partial charge in [0.2, 0.25) is 8.07 Å². The van der Waals surface area contributed by atoms with E-state index in [4.69, 9.17) is 0 Å². The lowest BCUT2D eigenvalue weighted by Crippen LogP contribution is -2.57. The average molecular weight is 551 g/mol. The quantitative estimate of drug-likeness (QED) is 0.182. The first-order valence-electron chi connectivity index (χ1n) is 13.2. The summed E-state index contributed by atoms with van der Waals surface area (Å²) >= 11 is 3.82. The predicted molar refractivity (Wildman–Crippen MR) is 173 cm³/mol. The number of hydrogen-bond acceptors (Lipinski definition) is 2. The molecule has 39 heavy (non-hydrogen) atoms. The van der Waals surface area contributed by atoms with Crippen LogP contribution in [0.1, 0.15) is 22.3 Å². The molecule has 0 amide bonds. The molecule has 6 aromatic rings. The van der Waals surface area contributed by atoms with Crippen molar-refractivity contribution in [3.05, 3.63) is 179 Å². The highest BCUT2D eigenvalue weighted by atomic mass is 32.1. The summed E-state index contributed by atoms with van der Waals surface area (Å²) in [7, 11) is -2.72. The maximum Gasteiger partial charge on any atom is 0.204 e. The van der Waals surface area contributed by atoms with Crippen LogP contribution in [-0.2, 0) is 0 Å². The first kappa shape index (κ1) is 24.0. The van der Waals surface area contributed by atoms with Gasteiger partial charge in [0, 0.05) is 9.00 Å². The van der Waals surface area contributed by atoms with Crippen LogP contribution in [0.4, 0.5) is 0 Å². The largest absolute Gasteiger partial charge is 0.204 e. The fourth-order valence-corrected chi connectivity index (χ4v) is 15.5. The van der Waals surface area contributed by atoms with E-state index >= 15 is 0 Å². The van der Waals surface area contributed by atoms with Crippen molar-refractivity contribution in [1.29, 1.82) is 0 Å². The summed E-state index contributed by atoms with van der Waals surface area (Å²) in [6.07, 6.45) is 0. The lowest BCUT2D eigenvalue weighted by molar-refractivity contribution is 1.58. The fraction of sp³-hybridized carbons (Fsp3) is 0. The molecular weight excluding hydrogens is 525 g/mol. The number of rotatable bonds is 6. The van der Waals surface area contributed by atoms with E-state index in [2.05, 4.69) is 156 Å². The van der Waals surface area contributed by atoms with E-state index in [0.717, 1.165) is 0 Å². The first-order chi connectivity index (χ1) is 19.4. The lowest BCUT2D eigenvalue weighted by atomic mass is 9.89. The molecule has 1 aliphatic heterocycles. The molecule has 3 heteroatoms. The molecular formula is C36H26S2Si. The number of thiophene rings is 2. The smallest absolute Gasteiger partial charge is 0.152 e. The second-order valence-corrected chi connectivity index (χ2v) is 15.9. The van der Waals surface area contributed by atoms with E-state index in [9.17, 15) is 0 Å². The molecule has 1 aliphatic rings. The Bertz CT molecular complexity index is 1610. The van der Waals surface area contributed by atoms with Crippen LogP contribution >= 0.6 is 22.7 Å². The van der Waals surface area contributed by atoms with E-state index in [1.807, 2.05) is 22.7 Å². The van der Waals surface area contributed by atoms with Gasteiger partial charge < -0.3 is 0 Å². The van der Waals surface area contributed by atoms with E-state index < -0.39 is 8.07 Å². The Morgan fingerprint density at radius 1 is 0.333 bits per heavy atom. The van der Waals surface area contributed by atoms with Crippen molar-refractivity contribution in [1.82, 2.24) is 0 Å². The summed E-state index contributed by atoms with van der Waals surface area (Å²) in [6.45, 7) is 0. The van der Waals surface area contributed by atoms with Gasteiger partial charge in [-0.25, -0.2) is 0 Å². The Kier molecular flexibility index (Phi) is 6.33. The van der Waals surface area contributed by atoms with E-state index in [1.54, 1.807) is 0 Å². The van der Waals surface area contributed by atoms with Crippen LogP contribution in [-0.4, -0.2) is 8.07 Å². The van der Waals surface area contributed by atoms with Crippen LogP contribution in [0.5, 0.6) is 0 Å². The van der Waals surface area contributed by atoms with Gasteiger partial charge in [0.05, 0.1) is 0 Å². The van der Waals surface area contributed by atoms with E-state index in [0.29, 0.717) is 0 Å². The molecule has 186 valence electrons. The molecule has 3 heterocycles. The third kappa shape index (κ3) is 3.93. The van der Waals surface area contributed by atoms with Crippen LogP contribution in [0.2, 0.25) is 0 Å². The summed E-state index contributed by atoms with van der Waals surface area (Å²) in [4.78, 5) is 0. The Balaban J connectivity index is 1.76. The maximum absolute atomic E-state index is 2.72. The number of benzene rings is 4. The van der Waals surface area contributed by atoms with Gasteiger partial charge in [-0.15, -0.1) is 0 Å². The molecule has 0 atom stereocenters. The average Bonchev–Trinajstić information content (AvgIpc) is 3.79. The molecule has 0 saturated carbocycles. The van der Waals surface area contributed by atoms with Gasteiger partial charge in [-0.3, -0.25) is 0 Å². The van der Waals surface area contributed by atoms with Crippen molar-refractivity contribution in [2.75, 3.05) is 0 Å². The molecule has 0 spiro atoms. The molecule has 0 aliphatic carbocycles. The minimum Gasteiger partial charge on any atom is -0.152 e. The highest BCUT2D eigenvalue weighted by Gasteiger charge is 2.54. The summed E-state index contributed by atoms with van der Waals surface area (Å²) in [5.41, 5.74) is 7.88. The third-order valence-electron chi connectivity index (χ3n) is 7.53.